The average Bonchev–Trinajstić information content (AvgIpc) is 2.87. The first-order valence-corrected chi connectivity index (χ1v) is 12.3. The molecule has 2 unspecified atom stereocenters. The number of nitrogens with one attached hydrogen (secondary N) is 4. The number of H-pyrrole nitrogens is 1. The van der Waals surface area contributed by atoms with Crippen molar-refractivity contribution in [3.63, 3.8) is 0 Å². The zero-order valence-corrected chi connectivity index (χ0v) is 23.7. The van der Waals surface area contributed by atoms with Gasteiger partial charge in [0.15, 0.2) is 5.82 Å². The summed E-state index contributed by atoms with van der Waals surface area (Å²) in [6.45, 7) is 1.65. The number of rotatable bonds is 14. The van der Waals surface area contributed by atoms with Gasteiger partial charge in [0.1, 0.15) is 11.7 Å². The Balaban J connectivity index is 0.00000533. The van der Waals surface area contributed by atoms with E-state index >= 15 is 0 Å². The fraction of sp³-hybridized carbons (Fsp3) is 0.458. The van der Waals surface area contributed by atoms with E-state index in [4.69, 9.17) is 15.9 Å². The molecule has 0 fully saturated rings. The topological polar surface area (TPSA) is 223 Å². The van der Waals surface area contributed by atoms with Gasteiger partial charge in [0.05, 0.1) is 6.04 Å². The Kier molecular flexibility index (Phi) is 12.8. The number of carbonyl (C=O) groups excluding carboxylic acids is 1. The number of aromatic amines is 1. The van der Waals surface area contributed by atoms with Crippen molar-refractivity contribution in [1.82, 2.24) is 15.3 Å². The van der Waals surface area contributed by atoms with E-state index < -0.39 is 23.9 Å². The molecule has 0 bridgehead atoms. The predicted molar refractivity (Wildman–Crippen MR) is 146 cm³/mol. The molecule has 2 aromatic rings. The second kappa shape index (κ2) is 15.5. The second-order valence-corrected chi connectivity index (χ2v) is 8.92. The predicted octanol–water partition coefficient (Wildman–Crippen LogP) is -0.106. The fourth-order valence-corrected chi connectivity index (χ4v) is 4.17. The zero-order chi connectivity index (χ0) is 27.7. The van der Waals surface area contributed by atoms with Crippen molar-refractivity contribution in [1.29, 1.82) is 0 Å². The van der Waals surface area contributed by atoms with E-state index in [0.717, 1.165) is 12.8 Å². The maximum absolute atomic E-state index is 12.7. The first kappa shape index (κ1) is 32.1. The summed E-state index contributed by atoms with van der Waals surface area (Å²) in [6.07, 6.45) is 1.64. The van der Waals surface area contributed by atoms with Crippen molar-refractivity contribution in [2.45, 2.75) is 44.2 Å². The van der Waals surface area contributed by atoms with Gasteiger partial charge in [-0.15, -0.1) is 0 Å². The molecule has 2 heterocycles. The van der Waals surface area contributed by atoms with Crippen LogP contribution < -0.4 is 32.1 Å². The van der Waals surface area contributed by atoms with Crippen molar-refractivity contribution in [2.75, 3.05) is 47.5 Å². The number of hydrogen-bond acceptors (Lipinski definition) is 10. The number of nitrogens with two attached hydrogens (primary N) is 1. The molecule has 0 saturated heterocycles. The number of unbranched alkanes of at least 4 members (excludes halogenated alkanes) is 2. The van der Waals surface area contributed by atoms with Crippen LogP contribution in [-0.4, -0.2) is 119 Å². The Bertz CT molecular complexity index is 1190. The number of aliphatic carboxylic acids is 2. The summed E-state index contributed by atoms with van der Waals surface area (Å²) >= 11 is 0. The molecule has 1 aromatic carbocycles. The third kappa shape index (κ3) is 9.27. The number of fused-ring (bicyclic) bond motifs is 1. The Morgan fingerprint density at radius 3 is 2.51 bits per heavy atom. The quantitative estimate of drug-likeness (QED) is 0.110. The zero-order valence-electron chi connectivity index (χ0n) is 21.5. The van der Waals surface area contributed by atoms with Gasteiger partial charge in [-0.1, -0.05) is 0 Å². The van der Waals surface area contributed by atoms with Gasteiger partial charge in [-0.3, -0.25) is 19.4 Å². The number of carboxylic acids is 2. The number of carbonyl (C=O) groups is 3. The molecule has 1 aromatic heterocycles. The minimum Gasteiger partial charge on any atom is -0.481 e. The van der Waals surface area contributed by atoms with Crippen molar-refractivity contribution in [2.24, 2.45) is 0 Å². The molecule has 0 spiro atoms. The third-order valence-electron chi connectivity index (χ3n) is 6.14. The largest absolute Gasteiger partial charge is 2.00 e. The maximum Gasteiger partial charge on any atom is 2.00 e. The number of carboxylic acid groups (broad SMARTS) is 2. The number of aliphatic hydroxyl groups is 1. The average molecular weight is 572 g/mol. The molecular formula is C24H33CaN7O7+2. The Morgan fingerprint density at radius 1 is 1.15 bits per heavy atom. The Labute approximate surface area is 254 Å². The summed E-state index contributed by atoms with van der Waals surface area (Å²) in [7, 11) is 0. The van der Waals surface area contributed by atoms with E-state index in [1.807, 2.05) is 4.90 Å². The molecule has 14 nitrogen and oxygen atoms in total. The monoisotopic (exact) mass is 571 g/mol. The Morgan fingerprint density at radius 2 is 1.87 bits per heavy atom. The van der Waals surface area contributed by atoms with Crippen LogP contribution in [0.1, 0.15) is 42.5 Å². The molecule has 206 valence electrons. The summed E-state index contributed by atoms with van der Waals surface area (Å²) in [6, 6.07) is 4.99. The van der Waals surface area contributed by atoms with Gasteiger partial charge in [-0.2, -0.15) is 4.98 Å². The second-order valence-electron chi connectivity index (χ2n) is 8.92. The number of amides is 1. The number of hydrogen-bond donors (Lipinski definition) is 8. The molecule has 1 aliphatic heterocycles. The van der Waals surface area contributed by atoms with E-state index in [-0.39, 0.29) is 80.3 Å². The first-order chi connectivity index (χ1) is 18.2. The van der Waals surface area contributed by atoms with Gasteiger partial charge in [0.25, 0.3) is 11.5 Å². The maximum atomic E-state index is 12.7. The number of aromatic nitrogens is 2. The molecule has 0 aliphatic carbocycles. The molecule has 2 atom stereocenters. The standard InChI is InChI=1S/C24H33N7O7.Ca/c25-24-29-20-19(22(36)30-24)31(10-2-1-3-11-32)16(13-27-20)12-26-15-6-4-14(5-7-15)21(35)28-17(23(37)38)8-9-18(33)34;/h4-7,16-17,26,32H,1-3,8-13H2,(H,28,35)(H,33,34)(H,37,38)(H4,25,27,29,30,36);/q;+2. The molecule has 15 heteroatoms. The molecule has 0 saturated carbocycles. The van der Waals surface area contributed by atoms with Crippen molar-refractivity contribution in [3.8, 4) is 0 Å². The minimum absolute atomic E-state index is 0. The molecular weight excluding hydrogens is 538 g/mol. The normalized spacial score (nSPS) is 14.8. The van der Waals surface area contributed by atoms with Crippen LogP contribution in [0.4, 0.5) is 23.1 Å². The van der Waals surface area contributed by atoms with Crippen LogP contribution >= 0.6 is 0 Å². The molecule has 3 rings (SSSR count). The van der Waals surface area contributed by atoms with E-state index in [1.54, 1.807) is 12.1 Å². The van der Waals surface area contributed by atoms with Gasteiger partial charge in [0.2, 0.25) is 5.95 Å². The fourth-order valence-electron chi connectivity index (χ4n) is 4.17. The summed E-state index contributed by atoms with van der Waals surface area (Å²) in [5.41, 5.74) is 6.69. The van der Waals surface area contributed by atoms with Crippen LogP contribution in [0.25, 0.3) is 0 Å². The van der Waals surface area contributed by atoms with Crippen LogP contribution in [0, 0.1) is 0 Å². The van der Waals surface area contributed by atoms with Crippen LogP contribution in [0.3, 0.4) is 0 Å². The molecule has 9 N–H and O–H groups in total. The Hall–Kier alpha value is -3.07. The van der Waals surface area contributed by atoms with E-state index in [9.17, 15) is 24.3 Å². The minimum atomic E-state index is -1.31. The van der Waals surface area contributed by atoms with Gasteiger partial charge in [0, 0.05) is 43.9 Å². The SMILES string of the molecule is Nc1nc2c(c(=O)[nH]1)N(CCCCCO)C(CNc1ccc(C(=O)NC(CCC(=O)O)C(=O)O)cc1)CN2.[Ca+2]. The molecule has 1 amide bonds. The van der Waals surface area contributed by atoms with E-state index in [1.165, 1.54) is 12.1 Å². The number of anilines is 4. The first-order valence-electron chi connectivity index (χ1n) is 12.3. The third-order valence-corrected chi connectivity index (χ3v) is 6.14. The summed E-state index contributed by atoms with van der Waals surface area (Å²) in [4.78, 5) is 55.9. The molecule has 0 radical (unpaired) electrons. The number of nitrogen functional groups attached to an aromatic ring is 1. The van der Waals surface area contributed by atoms with Crippen molar-refractivity contribution in [3.05, 3.63) is 40.2 Å². The summed E-state index contributed by atoms with van der Waals surface area (Å²) in [5.74, 6) is -2.63. The molecule has 39 heavy (non-hydrogen) atoms. The number of aliphatic hydroxyl groups excluding tert-OH is 1. The smallest absolute Gasteiger partial charge is 0.481 e. The van der Waals surface area contributed by atoms with Gasteiger partial charge in [-0.05, 0) is 49.9 Å². The van der Waals surface area contributed by atoms with Gasteiger partial charge in [-0.25, -0.2) is 4.79 Å². The van der Waals surface area contributed by atoms with Crippen LogP contribution in [-0.2, 0) is 9.59 Å². The molecule has 1 aliphatic rings. The summed E-state index contributed by atoms with van der Waals surface area (Å²) in [5, 5.41) is 35.9. The van der Waals surface area contributed by atoms with Crippen LogP contribution in [0.2, 0.25) is 0 Å². The van der Waals surface area contributed by atoms with Gasteiger partial charge < -0.3 is 41.9 Å². The number of nitrogens with zero attached hydrogens (tertiary/aromatic N) is 2. The van der Waals surface area contributed by atoms with Crippen LogP contribution in [0.5, 0.6) is 0 Å². The van der Waals surface area contributed by atoms with Gasteiger partial charge >= 0.3 is 49.7 Å². The van der Waals surface area contributed by atoms with Crippen molar-refractivity contribution >= 4 is 78.7 Å². The van der Waals surface area contributed by atoms with Crippen molar-refractivity contribution < 1.29 is 29.7 Å². The summed E-state index contributed by atoms with van der Waals surface area (Å²) < 4.78 is 0. The number of benzene rings is 1. The van der Waals surface area contributed by atoms with Crippen LogP contribution in [0.15, 0.2) is 29.1 Å². The van der Waals surface area contributed by atoms with E-state index in [2.05, 4.69) is 25.9 Å². The van der Waals surface area contributed by atoms with E-state index in [0.29, 0.717) is 43.2 Å².